The van der Waals surface area contributed by atoms with Gasteiger partial charge in [-0.05, 0) is 25.5 Å². The Bertz CT molecular complexity index is 328. The lowest BCUT2D eigenvalue weighted by atomic mass is 10.1. The number of ether oxygens (including phenoxy) is 1. The average Bonchev–Trinajstić information content (AvgIpc) is 2.29. The van der Waals surface area contributed by atoms with Gasteiger partial charge in [-0.3, -0.25) is 0 Å². The first-order valence-electron chi connectivity index (χ1n) is 5.57. The van der Waals surface area contributed by atoms with Crippen LogP contribution in [0.4, 0.5) is 0 Å². The zero-order valence-electron chi connectivity index (χ0n) is 10.2. The molecule has 0 spiro atoms. The Morgan fingerprint density at radius 2 is 2.19 bits per heavy atom. The summed E-state index contributed by atoms with van der Waals surface area (Å²) < 4.78 is 5.32. The Morgan fingerprint density at radius 3 is 2.81 bits per heavy atom. The first-order valence-corrected chi connectivity index (χ1v) is 6.11. The number of nitrogens with one attached hydrogen (secondary N) is 1. The third-order valence-corrected chi connectivity index (χ3v) is 3.03. The van der Waals surface area contributed by atoms with Gasteiger partial charge in [0.25, 0.3) is 0 Å². The molecule has 0 radical (unpaired) electrons. The van der Waals surface area contributed by atoms with Crippen LogP contribution in [0.15, 0.2) is 18.2 Å². The van der Waals surface area contributed by atoms with Crippen molar-refractivity contribution in [2.75, 3.05) is 19.5 Å². The fourth-order valence-electron chi connectivity index (χ4n) is 1.55. The molecule has 0 aliphatic heterocycles. The van der Waals surface area contributed by atoms with Crippen LogP contribution in [0, 0.1) is 12.8 Å². The molecular formula is C13H20ClNO. The molecule has 0 aliphatic rings. The van der Waals surface area contributed by atoms with Crippen molar-refractivity contribution in [2.24, 2.45) is 5.92 Å². The van der Waals surface area contributed by atoms with Crippen LogP contribution in [0.25, 0.3) is 0 Å². The SMILES string of the molecule is COc1ccc(C)cc1CNCC(C)CCl. The van der Waals surface area contributed by atoms with Crippen LogP contribution < -0.4 is 10.1 Å². The van der Waals surface area contributed by atoms with Gasteiger partial charge in [0.2, 0.25) is 0 Å². The number of halogens is 1. The maximum Gasteiger partial charge on any atom is 0.123 e. The summed E-state index contributed by atoms with van der Waals surface area (Å²) in [4.78, 5) is 0. The summed E-state index contributed by atoms with van der Waals surface area (Å²) in [5, 5.41) is 3.39. The van der Waals surface area contributed by atoms with Crippen molar-refractivity contribution in [3.8, 4) is 5.75 Å². The summed E-state index contributed by atoms with van der Waals surface area (Å²) in [5.41, 5.74) is 2.45. The molecule has 0 saturated heterocycles. The zero-order valence-corrected chi connectivity index (χ0v) is 11.0. The minimum atomic E-state index is 0.498. The second-order valence-corrected chi connectivity index (χ2v) is 4.51. The highest BCUT2D eigenvalue weighted by molar-refractivity contribution is 6.18. The summed E-state index contributed by atoms with van der Waals surface area (Å²) >= 11 is 5.75. The van der Waals surface area contributed by atoms with Crippen LogP contribution in [-0.4, -0.2) is 19.5 Å². The average molecular weight is 242 g/mol. The van der Waals surface area contributed by atoms with E-state index in [2.05, 4.69) is 31.3 Å². The molecule has 1 N–H and O–H groups in total. The molecule has 3 heteroatoms. The van der Waals surface area contributed by atoms with Gasteiger partial charge in [0, 0.05) is 18.0 Å². The number of benzene rings is 1. The van der Waals surface area contributed by atoms with Crippen LogP contribution in [-0.2, 0) is 6.54 Å². The second kappa shape index (κ2) is 6.77. The van der Waals surface area contributed by atoms with E-state index in [1.54, 1.807) is 7.11 Å². The summed E-state index contributed by atoms with van der Waals surface area (Å²) in [7, 11) is 1.70. The van der Waals surface area contributed by atoms with Gasteiger partial charge in [0.05, 0.1) is 7.11 Å². The largest absolute Gasteiger partial charge is 0.496 e. The lowest BCUT2D eigenvalue weighted by molar-refractivity contribution is 0.406. The van der Waals surface area contributed by atoms with Gasteiger partial charge < -0.3 is 10.1 Å². The maximum absolute atomic E-state index is 5.75. The molecule has 1 unspecified atom stereocenters. The predicted octanol–water partition coefficient (Wildman–Crippen LogP) is 2.97. The van der Waals surface area contributed by atoms with E-state index >= 15 is 0 Å². The smallest absolute Gasteiger partial charge is 0.123 e. The summed E-state index contributed by atoms with van der Waals surface area (Å²) in [5.74, 6) is 2.13. The summed E-state index contributed by atoms with van der Waals surface area (Å²) in [6.07, 6.45) is 0. The third-order valence-electron chi connectivity index (χ3n) is 2.51. The number of aryl methyl sites for hydroxylation is 1. The summed E-state index contributed by atoms with van der Waals surface area (Å²) in [6, 6.07) is 6.22. The van der Waals surface area contributed by atoms with Gasteiger partial charge >= 0.3 is 0 Å². The molecule has 0 heterocycles. The minimum Gasteiger partial charge on any atom is -0.496 e. The minimum absolute atomic E-state index is 0.498. The normalized spacial score (nSPS) is 12.5. The quantitative estimate of drug-likeness (QED) is 0.774. The Morgan fingerprint density at radius 1 is 1.44 bits per heavy atom. The topological polar surface area (TPSA) is 21.3 Å². The zero-order chi connectivity index (χ0) is 12.0. The highest BCUT2D eigenvalue weighted by atomic mass is 35.5. The van der Waals surface area contributed by atoms with Crippen LogP contribution in [0.3, 0.4) is 0 Å². The number of hydrogen-bond acceptors (Lipinski definition) is 2. The van der Waals surface area contributed by atoms with Crippen LogP contribution in [0.5, 0.6) is 5.75 Å². The van der Waals surface area contributed by atoms with E-state index in [9.17, 15) is 0 Å². The van der Waals surface area contributed by atoms with Crippen LogP contribution in [0.1, 0.15) is 18.1 Å². The Kier molecular flexibility index (Phi) is 5.64. The van der Waals surface area contributed by atoms with Crippen molar-refractivity contribution in [3.05, 3.63) is 29.3 Å². The van der Waals surface area contributed by atoms with E-state index in [0.717, 1.165) is 18.8 Å². The maximum atomic E-state index is 5.75. The fraction of sp³-hybridized carbons (Fsp3) is 0.538. The fourth-order valence-corrected chi connectivity index (χ4v) is 1.66. The van der Waals surface area contributed by atoms with Gasteiger partial charge in [0.15, 0.2) is 0 Å². The number of methoxy groups -OCH3 is 1. The Balaban J connectivity index is 2.55. The third kappa shape index (κ3) is 4.03. The molecule has 0 bridgehead atoms. The molecule has 1 rings (SSSR count). The molecule has 0 saturated carbocycles. The molecular weight excluding hydrogens is 222 g/mol. The standard InChI is InChI=1S/C13H20ClNO/c1-10-4-5-13(16-3)12(6-10)9-15-8-11(2)7-14/h4-6,11,15H,7-9H2,1-3H3. The van der Waals surface area contributed by atoms with Crippen molar-refractivity contribution < 1.29 is 4.74 Å². The molecule has 1 aromatic rings. The first kappa shape index (κ1) is 13.3. The van der Waals surface area contributed by atoms with Crippen molar-refractivity contribution >= 4 is 11.6 Å². The van der Waals surface area contributed by atoms with Crippen LogP contribution in [0.2, 0.25) is 0 Å². The van der Waals surface area contributed by atoms with Gasteiger partial charge in [-0.2, -0.15) is 0 Å². The predicted molar refractivity (Wildman–Crippen MR) is 69.3 cm³/mol. The molecule has 1 aromatic carbocycles. The van der Waals surface area contributed by atoms with Gasteiger partial charge in [-0.15, -0.1) is 11.6 Å². The van der Waals surface area contributed by atoms with Gasteiger partial charge in [-0.25, -0.2) is 0 Å². The molecule has 0 fully saturated rings. The molecule has 2 nitrogen and oxygen atoms in total. The van der Waals surface area contributed by atoms with E-state index in [-0.39, 0.29) is 0 Å². The van der Waals surface area contributed by atoms with E-state index in [1.807, 2.05) is 6.07 Å². The number of rotatable bonds is 6. The van der Waals surface area contributed by atoms with Crippen molar-refractivity contribution in [1.82, 2.24) is 5.32 Å². The molecule has 0 aliphatic carbocycles. The van der Waals surface area contributed by atoms with Gasteiger partial charge in [-0.1, -0.05) is 24.6 Å². The van der Waals surface area contributed by atoms with Crippen molar-refractivity contribution in [3.63, 3.8) is 0 Å². The van der Waals surface area contributed by atoms with E-state index in [4.69, 9.17) is 16.3 Å². The van der Waals surface area contributed by atoms with Crippen molar-refractivity contribution in [1.29, 1.82) is 0 Å². The Labute approximate surface area is 103 Å². The molecule has 16 heavy (non-hydrogen) atoms. The van der Waals surface area contributed by atoms with E-state index < -0.39 is 0 Å². The van der Waals surface area contributed by atoms with E-state index in [0.29, 0.717) is 11.8 Å². The Hall–Kier alpha value is -0.730. The van der Waals surface area contributed by atoms with E-state index in [1.165, 1.54) is 11.1 Å². The molecule has 0 aromatic heterocycles. The lowest BCUT2D eigenvalue weighted by Crippen LogP contribution is -2.21. The molecule has 1 atom stereocenters. The van der Waals surface area contributed by atoms with Gasteiger partial charge in [0.1, 0.15) is 5.75 Å². The summed E-state index contributed by atoms with van der Waals surface area (Å²) in [6.45, 7) is 5.98. The highest BCUT2D eigenvalue weighted by Gasteiger charge is 2.04. The van der Waals surface area contributed by atoms with Crippen molar-refractivity contribution in [2.45, 2.75) is 20.4 Å². The number of hydrogen-bond donors (Lipinski definition) is 1. The molecule has 90 valence electrons. The number of alkyl halides is 1. The highest BCUT2D eigenvalue weighted by Crippen LogP contribution is 2.19. The van der Waals surface area contributed by atoms with Crippen LogP contribution >= 0.6 is 11.6 Å². The first-order chi connectivity index (χ1) is 7.67. The lowest BCUT2D eigenvalue weighted by Gasteiger charge is -2.12. The molecule has 0 amide bonds. The second-order valence-electron chi connectivity index (χ2n) is 4.21. The monoisotopic (exact) mass is 241 g/mol.